The molecule has 1 fully saturated rings. The Morgan fingerprint density at radius 2 is 2.27 bits per heavy atom. The number of carbonyl (C=O) groups excluding carboxylic acids is 1. The van der Waals surface area contributed by atoms with Crippen LogP contribution in [0.5, 0.6) is 0 Å². The third-order valence-corrected chi connectivity index (χ3v) is 5.34. The summed E-state index contributed by atoms with van der Waals surface area (Å²) >= 11 is 7.73. The van der Waals surface area contributed by atoms with Crippen molar-refractivity contribution in [1.29, 1.82) is 0 Å². The molecule has 1 aliphatic heterocycles. The van der Waals surface area contributed by atoms with Crippen LogP contribution in [0.15, 0.2) is 41.8 Å². The van der Waals surface area contributed by atoms with E-state index in [2.05, 4.69) is 27.7 Å². The Bertz CT molecular complexity index is 644. The zero-order chi connectivity index (χ0) is 15.5. The van der Waals surface area contributed by atoms with E-state index in [-0.39, 0.29) is 11.9 Å². The fourth-order valence-corrected chi connectivity index (χ4v) is 4.07. The number of nitrogens with one attached hydrogen (secondary N) is 1. The first kappa shape index (κ1) is 15.5. The van der Waals surface area contributed by atoms with Gasteiger partial charge in [-0.2, -0.15) is 0 Å². The first-order valence-corrected chi connectivity index (χ1v) is 8.76. The Hall–Kier alpha value is -1.36. The molecule has 2 heterocycles. The molecule has 2 atom stereocenters. The highest BCUT2D eigenvalue weighted by Crippen LogP contribution is 2.36. The van der Waals surface area contributed by atoms with Gasteiger partial charge in [0, 0.05) is 21.6 Å². The van der Waals surface area contributed by atoms with Gasteiger partial charge in [-0.15, -0.1) is 11.3 Å². The first-order chi connectivity index (χ1) is 10.6. The van der Waals surface area contributed by atoms with Crippen LogP contribution < -0.4 is 5.32 Å². The van der Waals surface area contributed by atoms with Gasteiger partial charge in [-0.1, -0.05) is 23.7 Å². The summed E-state index contributed by atoms with van der Waals surface area (Å²) in [6.45, 7) is 2.94. The van der Waals surface area contributed by atoms with E-state index in [0.29, 0.717) is 11.1 Å². The summed E-state index contributed by atoms with van der Waals surface area (Å²) in [6.07, 6.45) is 2.26. The maximum Gasteiger partial charge on any atom is 0.241 e. The normalized spacial score (nSPS) is 20.0. The second-order valence-corrected chi connectivity index (χ2v) is 7.00. The van der Waals surface area contributed by atoms with Crippen LogP contribution in [0.2, 0.25) is 5.02 Å². The predicted octanol–water partition coefficient (Wildman–Crippen LogP) is 4.57. The summed E-state index contributed by atoms with van der Waals surface area (Å²) < 4.78 is 0. The number of hydrogen-bond donors (Lipinski definition) is 1. The number of halogens is 1. The van der Waals surface area contributed by atoms with Crippen LogP contribution in [0.25, 0.3) is 0 Å². The second kappa shape index (κ2) is 6.82. The topological polar surface area (TPSA) is 32.3 Å². The average molecular weight is 335 g/mol. The Labute approximate surface area is 139 Å². The first-order valence-electron chi connectivity index (χ1n) is 7.51. The Morgan fingerprint density at radius 1 is 1.41 bits per heavy atom. The number of anilines is 1. The highest BCUT2D eigenvalue weighted by Gasteiger charge is 2.33. The largest absolute Gasteiger partial charge is 0.325 e. The number of amides is 1. The van der Waals surface area contributed by atoms with Crippen molar-refractivity contribution in [2.75, 3.05) is 11.9 Å². The van der Waals surface area contributed by atoms with Gasteiger partial charge in [0.2, 0.25) is 5.91 Å². The van der Waals surface area contributed by atoms with Gasteiger partial charge in [0.1, 0.15) is 0 Å². The molecule has 1 aromatic carbocycles. The molecule has 1 saturated heterocycles. The van der Waals surface area contributed by atoms with Crippen LogP contribution >= 0.6 is 22.9 Å². The number of carbonyl (C=O) groups is 1. The fraction of sp³-hybridized carbons (Fsp3) is 0.353. The monoisotopic (exact) mass is 334 g/mol. The van der Waals surface area contributed by atoms with Crippen molar-refractivity contribution in [2.45, 2.75) is 31.8 Å². The van der Waals surface area contributed by atoms with Crippen molar-refractivity contribution >= 4 is 34.5 Å². The van der Waals surface area contributed by atoms with Crippen LogP contribution in [-0.2, 0) is 4.79 Å². The molecule has 0 aliphatic carbocycles. The Morgan fingerprint density at radius 3 is 3.00 bits per heavy atom. The standard InChI is InChI=1S/C17H19ClN2OS/c1-12(17(21)19-14-6-2-5-13(18)11-14)20-9-3-7-15(20)16-8-4-10-22-16/h2,4-6,8,10-12,15H,3,7,9H2,1H3,(H,19,21). The molecule has 0 spiro atoms. The van der Waals surface area contributed by atoms with E-state index in [1.54, 1.807) is 23.5 Å². The zero-order valence-electron chi connectivity index (χ0n) is 12.5. The van der Waals surface area contributed by atoms with E-state index in [9.17, 15) is 4.79 Å². The molecule has 3 nitrogen and oxygen atoms in total. The van der Waals surface area contributed by atoms with Gasteiger partial charge in [0.25, 0.3) is 0 Å². The summed E-state index contributed by atoms with van der Waals surface area (Å²) in [5, 5.41) is 5.69. The number of likely N-dealkylation sites (tertiary alicyclic amines) is 1. The van der Waals surface area contributed by atoms with Gasteiger partial charge in [0.15, 0.2) is 0 Å². The summed E-state index contributed by atoms with van der Waals surface area (Å²) in [7, 11) is 0. The summed E-state index contributed by atoms with van der Waals surface area (Å²) in [5.74, 6) is 0.0192. The molecule has 22 heavy (non-hydrogen) atoms. The van der Waals surface area contributed by atoms with Gasteiger partial charge in [0.05, 0.1) is 6.04 Å². The number of rotatable bonds is 4. The quantitative estimate of drug-likeness (QED) is 0.888. The molecule has 1 amide bonds. The van der Waals surface area contributed by atoms with Gasteiger partial charge < -0.3 is 5.32 Å². The summed E-state index contributed by atoms with van der Waals surface area (Å²) in [6, 6.07) is 11.7. The minimum absolute atomic E-state index is 0.0192. The fourth-order valence-electron chi connectivity index (χ4n) is 3.00. The number of nitrogens with zero attached hydrogens (tertiary/aromatic N) is 1. The molecular formula is C17H19ClN2OS. The molecule has 0 radical (unpaired) electrons. The SMILES string of the molecule is CC(C(=O)Nc1cccc(Cl)c1)N1CCCC1c1cccs1. The zero-order valence-corrected chi connectivity index (χ0v) is 14.0. The molecule has 1 N–H and O–H groups in total. The number of hydrogen-bond acceptors (Lipinski definition) is 3. The highest BCUT2D eigenvalue weighted by atomic mass is 35.5. The van der Waals surface area contributed by atoms with Gasteiger partial charge in [-0.3, -0.25) is 9.69 Å². The van der Waals surface area contributed by atoms with E-state index < -0.39 is 0 Å². The molecule has 0 saturated carbocycles. The van der Waals surface area contributed by atoms with E-state index in [0.717, 1.165) is 25.1 Å². The minimum atomic E-state index is -0.159. The van der Waals surface area contributed by atoms with E-state index in [1.165, 1.54) is 4.88 Å². The molecule has 5 heteroatoms. The Kier molecular flexibility index (Phi) is 4.81. The van der Waals surface area contributed by atoms with Crippen molar-refractivity contribution in [3.63, 3.8) is 0 Å². The van der Waals surface area contributed by atoms with Crippen molar-refractivity contribution < 1.29 is 4.79 Å². The lowest BCUT2D eigenvalue weighted by Crippen LogP contribution is -2.41. The third-order valence-electron chi connectivity index (χ3n) is 4.13. The maximum atomic E-state index is 12.5. The molecule has 2 unspecified atom stereocenters. The van der Waals surface area contributed by atoms with Gasteiger partial charge in [-0.05, 0) is 56.0 Å². The molecule has 3 rings (SSSR count). The van der Waals surface area contributed by atoms with E-state index >= 15 is 0 Å². The third kappa shape index (κ3) is 3.35. The highest BCUT2D eigenvalue weighted by molar-refractivity contribution is 7.10. The summed E-state index contributed by atoms with van der Waals surface area (Å²) in [5.41, 5.74) is 0.747. The number of thiophene rings is 1. The van der Waals surface area contributed by atoms with Crippen LogP contribution in [-0.4, -0.2) is 23.4 Å². The predicted molar refractivity (Wildman–Crippen MR) is 92.5 cm³/mol. The average Bonchev–Trinajstić information content (AvgIpc) is 3.17. The van der Waals surface area contributed by atoms with E-state index in [1.807, 2.05) is 19.1 Å². The summed E-state index contributed by atoms with van der Waals surface area (Å²) in [4.78, 5) is 16.2. The van der Waals surface area contributed by atoms with Gasteiger partial charge in [-0.25, -0.2) is 0 Å². The van der Waals surface area contributed by atoms with Crippen LogP contribution in [0.1, 0.15) is 30.7 Å². The lowest BCUT2D eigenvalue weighted by Gasteiger charge is -2.29. The molecule has 1 aromatic heterocycles. The Balaban J connectivity index is 1.70. The molecule has 2 aromatic rings. The molecule has 1 aliphatic rings. The number of benzene rings is 1. The van der Waals surface area contributed by atoms with Crippen molar-refractivity contribution in [2.24, 2.45) is 0 Å². The smallest absolute Gasteiger partial charge is 0.241 e. The maximum absolute atomic E-state index is 12.5. The lowest BCUT2D eigenvalue weighted by molar-refractivity contribution is -0.121. The van der Waals surface area contributed by atoms with Crippen LogP contribution in [0, 0.1) is 0 Å². The molecule has 116 valence electrons. The minimum Gasteiger partial charge on any atom is -0.325 e. The van der Waals surface area contributed by atoms with Crippen LogP contribution in [0.4, 0.5) is 5.69 Å². The van der Waals surface area contributed by atoms with Crippen molar-refractivity contribution in [3.8, 4) is 0 Å². The second-order valence-electron chi connectivity index (χ2n) is 5.59. The van der Waals surface area contributed by atoms with Crippen molar-refractivity contribution in [1.82, 2.24) is 4.90 Å². The molecular weight excluding hydrogens is 316 g/mol. The van der Waals surface area contributed by atoms with Crippen LogP contribution in [0.3, 0.4) is 0 Å². The lowest BCUT2D eigenvalue weighted by atomic mass is 10.1. The van der Waals surface area contributed by atoms with E-state index in [4.69, 9.17) is 11.6 Å². The van der Waals surface area contributed by atoms with Gasteiger partial charge >= 0.3 is 0 Å². The van der Waals surface area contributed by atoms with Crippen molar-refractivity contribution in [3.05, 3.63) is 51.7 Å². The molecule has 0 bridgehead atoms.